The van der Waals surface area contributed by atoms with Crippen molar-refractivity contribution in [1.82, 2.24) is 24.6 Å². The Morgan fingerprint density at radius 2 is 1.95 bits per heavy atom. The zero-order valence-electron chi connectivity index (χ0n) is 21.8. The molecule has 0 spiro atoms. The van der Waals surface area contributed by atoms with E-state index in [1.165, 1.54) is 36.1 Å². The second-order valence-corrected chi connectivity index (χ2v) is 10.8. The molecule has 39 heavy (non-hydrogen) atoms. The maximum Gasteiger partial charge on any atom is 0.261 e. The van der Waals surface area contributed by atoms with Crippen LogP contribution in [0.15, 0.2) is 30.6 Å². The predicted molar refractivity (Wildman–Crippen MR) is 139 cm³/mol. The lowest BCUT2D eigenvalue weighted by molar-refractivity contribution is -0.135. The number of rotatable bonds is 6. The van der Waals surface area contributed by atoms with Gasteiger partial charge in [-0.1, -0.05) is 23.7 Å². The zero-order valence-corrected chi connectivity index (χ0v) is 22.6. The molecular formula is C26H27ClF3N7O2. The Kier molecular flexibility index (Phi) is 6.79. The highest BCUT2D eigenvalue weighted by molar-refractivity contribution is 6.30. The fraction of sp³-hybridized carbons (Fsp3) is 0.385. The van der Waals surface area contributed by atoms with E-state index < -0.39 is 28.8 Å². The first-order chi connectivity index (χ1) is 18.4. The number of anilines is 2. The fourth-order valence-corrected chi connectivity index (χ4v) is 5.37. The molecule has 0 bridgehead atoms. The molecule has 3 aromatic rings. The van der Waals surface area contributed by atoms with Gasteiger partial charge in [-0.2, -0.15) is 5.10 Å². The summed E-state index contributed by atoms with van der Waals surface area (Å²) in [6, 6.07) is 4.09. The lowest BCUT2D eigenvalue weighted by atomic mass is 9.71. The summed E-state index contributed by atoms with van der Waals surface area (Å²) in [6.07, 6.45) is 2.30. The average molecular weight is 562 g/mol. The molecule has 2 aliphatic heterocycles. The van der Waals surface area contributed by atoms with E-state index in [2.05, 4.69) is 15.4 Å². The lowest BCUT2D eigenvalue weighted by Gasteiger charge is -2.42. The third kappa shape index (κ3) is 4.61. The van der Waals surface area contributed by atoms with Crippen LogP contribution in [0.4, 0.5) is 24.8 Å². The number of nitrogens with zero attached hydrogens (tertiary/aromatic N) is 6. The van der Waals surface area contributed by atoms with Crippen LogP contribution in [0, 0.1) is 17.5 Å². The second-order valence-electron chi connectivity index (χ2n) is 10.4. The molecule has 0 aliphatic carbocycles. The molecule has 1 saturated heterocycles. The molecule has 206 valence electrons. The van der Waals surface area contributed by atoms with Crippen molar-refractivity contribution in [2.45, 2.75) is 18.4 Å². The molecule has 1 atom stereocenters. The molecule has 0 radical (unpaired) electrons. The Bertz CT molecular complexity index is 1470. The Morgan fingerprint density at radius 1 is 1.23 bits per heavy atom. The molecule has 0 unspecified atom stereocenters. The number of likely N-dealkylation sites (N-methyl/N-ethyl adjacent to an activating group) is 1. The number of amides is 2. The van der Waals surface area contributed by atoms with Gasteiger partial charge in [0.2, 0.25) is 5.91 Å². The average Bonchev–Trinajstić information content (AvgIpc) is 3.17. The lowest BCUT2D eigenvalue weighted by Crippen LogP contribution is -2.58. The molecule has 13 heteroatoms. The van der Waals surface area contributed by atoms with E-state index in [4.69, 9.17) is 11.6 Å². The van der Waals surface area contributed by atoms with Crippen molar-refractivity contribution < 1.29 is 22.8 Å². The standard InChI is InChI=1S/C26H27ClF3N7O2/c1-26(16-6-5-7-17(27)21(16)29)13-37(24-18(28)11-35(4)33-24)25(39)15-8-31-23(22(30)20(15)26)32-14-9-36(10-14)19(38)12-34(2)3/h5-8,11,14H,9-10,12-13H2,1-4H3,(H,31,32)/t26-/m1/s1. The first kappa shape index (κ1) is 26.9. The maximum absolute atomic E-state index is 16.3. The van der Waals surface area contributed by atoms with E-state index in [1.54, 1.807) is 30.8 Å². The summed E-state index contributed by atoms with van der Waals surface area (Å²) in [5.41, 5.74) is -1.68. The Labute approximate surface area is 228 Å². The van der Waals surface area contributed by atoms with Gasteiger partial charge in [0.05, 0.1) is 29.4 Å². The molecule has 1 N–H and O–H groups in total. The fourth-order valence-electron chi connectivity index (χ4n) is 5.19. The van der Waals surface area contributed by atoms with E-state index in [-0.39, 0.29) is 58.4 Å². The monoisotopic (exact) mass is 561 g/mol. The van der Waals surface area contributed by atoms with Gasteiger partial charge in [-0.05, 0) is 27.1 Å². The Morgan fingerprint density at radius 3 is 2.59 bits per heavy atom. The van der Waals surface area contributed by atoms with Gasteiger partial charge in [0.15, 0.2) is 23.3 Å². The van der Waals surface area contributed by atoms with Crippen molar-refractivity contribution >= 4 is 35.1 Å². The number of aryl methyl sites for hydroxylation is 1. The summed E-state index contributed by atoms with van der Waals surface area (Å²) in [7, 11) is 5.09. The molecule has 2 aliphatic rings. The first-order valence-electron chi connectivity index (χ1n) is 12.2. The van der Waals surface area contributed by atoms with Crippen LogP contribution in [0.25, 0.3) is 0 Å². The van der Waals surface area contributed by atoms with Crippen LogP contribution in [0.1, 0.15) is 28.4 Å². The normalized spacial score (nSPS) is 19.4. The van der Waals surface area contributed by atoms with Crippen LogP contribution in [-0.2, 0) is 17.3 Å². The van der Waals surface area contributed by atoms with E-state index >= 15 is 8.78 Å². The van der Waals surface area contributed by atoms with E-state index in [1.807, 2.05) is 0 Å². The number of pyridine rings is 1. The summed E-state index contributed by atoms with van der Waals surface area (Å²) in [5.74, 6) is -3.52. The minimum atomic E-state index is -1.49. The highest BCUT2D eigenvalue weighted by Crippen LogP contribution is 2.45. The van der Waals surface area contributed by atoms with Crippen molar-refractivity contribution in [3.05, 3.63) is 69.8 Å². The number of hydrogen-bond acceptors (Lipinski definition) is 6. The number of likely N-dealkylation sites (tertiary alicyclic amines) is 1. The summed E-state index contributed by atoms with van der Waals surface area (Å²) in [6.45, 7) is 2.24. The largest absolute Gasteiger partial charge is 0.361 e. The maximum atomic E-state index is 16.3. The van der Waals surface area contributed by atoms with Gasteiger partial charge in [-0.3, -0.25) is 19.2 Å². The zero-order chi connectivity index (χ0) is 28.2. The van der Waals surface area contributed by atoms with Gasteiger partial charge in [0.25, 0.3) is 5.91 Å². The van der Waals surface area contributed by atoms with Crippen molar-refractivity contribution in [1.29, 1.82) is 0 Å². The van der Waals surface area contributed by atoms with E-state index in [0.29, 0.717) is 13.1 Å². The molecule has 2 amide bonds. The molecule has 0 saturated carbocycles. The van der Waals surface area contributed by atoms with Gasteiger partial charge in [-0.25, -0.2) is 18.2 Å². The predicted octanol–water partition coefficient (Wildman–Crippen LogP) is 3.04. The third-order valence-corrected chi connectivity index (χ3v) is 7.41. The summed E-state index contributed by atoms with van der Waals surface area (Å²) in [5, 5.41) is 6.89. The van der Waals surface area contributed by atoms with Crippen LogP contribution in [0.5, 0.6) is 0 Å². The number of carbonyl (C=O) groups is 2. The van der Waals surface area contributed by atoms with E-state index in [9.17, 15) is 14.0 Å². The van der Waals surface area contributed by atoms with Gasteiger partial charge >= 0.3 is 0 Å². The highest BCUT2D eigenvalue weighted by atomic mass is 35.5. The van der Waals surface area contributed by atoms with Crippen LogP contribution in [-0.4, -0.2) is 82.7 Å². The number of aromatic nitrogens is 3. The van der Waals surface area contributed by atoms with Gasteiger partial charge < -0.3 is 15.1 Å². The molecule has 1 fully saturated rings. The van der Waals surface area contributed by atoms with E-state index in [0.717, 1.165) is 11.1 Å². The SMILES string of the molecule is CN(C)CC(=O)N1CC(Nc2ncc3c(c2F)[C@@](C)(c2cccc(Cl)c2F)CN(c2nn(C)cc2F)C3=O)C1. The van der Waals surface area contributed by atoms with Gasteiger partial charge in [-0.15, -0.1) is 0 Å². The highest BCUT2D eigenvalue weighted by Gasteiger charge is 2.47. The molecule has 5 rings (SSSR count). The topological polar surface area (TPSA) is 86.6 Å². The number of fused-ring (bicyclic) bond motifs is 1. The number of halogens is 4. The van der Waals surface area contributed by atoms with Crippen molar-refractivity contribution in [2.24, 2.45) is 7.05 Å². The molecule has 1 aromatic carbocycles. The number of nitrogens with one attached hydrogen (secondary N) is 1. The van der Waals surface area contributed by atoms with Crippen LogP contribution in [0.2, 0.25) is 5.02 Å². The van der Waals surface area contributed by atoms with Crippen LogP contribution < -0.4 is 10.2 Å². The van der Waals surface area contributed by atoms with Gasteiger partial charge in [0, 0.05) is 49.4 Å². The number of carbonyl (C=O) groups excluding carboxylic acids is 2. The van der Waals surface area contributed by atoms with Crippen molar-refractivity contribution in [3.63, 3.8) is 0 Å². The molecule has 2 aromatic heterocycles. The Hall–Kier alpha value is -3.64. The molecular weight excluding hydrogens is 535 g/mol. The smallest absolute Gasteiger partial charge is 0.261 e. The quantitative estimate of drug-likeness (QED) is 0.498. The Balaban J connectivity index is 1.55. The first-order valence-corrected chi connectivity index (χ1v) is 12.6. The van der Waals surface area contributed by atoms with Crippen molar-refractivity contribution in [3.8, 4) is 0 Å². The minimum Gasteiger partial charge on any atom is -0.361 e. The van der Waals surface area contributed by atoms with Crippen molar-refractivity contribution in [2.75, 3.05) is 50.5 Å². The molecule has 4 heterocycles. The third-order valence-electron chi connectivity index (χ3n) is 7.12. The number of benzene rings is 1. The van der Waals surface area contributed by atoms with Gasteiger partial charge in [0.1, 0.15) is 5.82 Å². The summed E-state index contributed by atoms with van der Waals surface area (Å²) >= 11 is 6.08. The summed E-state index contributed by atoms with van der Waals surface area (Å²) < 4.78 is 47.6. The number of hydrogen-bond donors (Lipinski definition) is 1. The van der Waals surface area contributed by atoms with Crippen LogP contribution in [0.3, 0.4) is 0 Å². The summed E-state index contributed by atoms with van der Waals surface area (Å²) in [4.78, 5) is 34.4. The van der Waals surface area contributed by atoms with Crippen LogP contribution >= 0.6 is 11.6 Å². The minimum absolute atomic E-state index is 0.0326. The molecule has 9 nitrogen and oxygen atoms in total. The second kappa shape index (κ2) is 9.83.